The number of thioether (sulfide) groups is 1. The van der Waals surface area contributed by atoms with Gasteiger partial charge in [0.1, 0.15) is 18.5 Å². The van der Waals surface area contributed by atoms with Crippen LogP contribution >= 0.6 is 27.7 Å². The molecular weight excluding hydrogens is 421 g/mol. The Morgan fingerprint density at radius 1 is 1.23 bits per heavy atom. The van der Waals surface area contributed by atoms with Gasteiger partial charge in [-0.2, -0.15) is 11.8 Å². The van der Waals surface area contributed by atoms with Crippen molar-refractivity contribution >= 4 is 39.6 Å². The molecule has 0 saturated heterocycles. The molecule has 4 nitrogen and oxygen atoms in total. The fourth-order valence-electron chi connectivity index (χ4n) is 2.20. The van der Waals surface area contributed by atoms with Gasteiger partial charge in [0, 0.05) is 15.6 Å². The molecular formula is C19H19BrFNO3S. The van der Waals surface area contributed by atoms with Crippen molar-refractivity contribution in [2.24, 2.45) is 0 Å². The van der Waals surface area contributed by atoms with E-state index in [1.54, 1.807) is 42.1 Å². The second kappa shape index (κ2) is 10.3. The minimum absolute atomic E-state index is 0.00330. The smallest absolute Gasteiger partial charge is 0.329 e. The Labute approximate surface area is 164 Å². The molecule has 1 unspecified atom stereocenters. The Hall–Kier alpha value is -1.86. The second-order valence-corrected chi connectivity index (χ2v) is 7.36. The lowest BCUT2D eigenvalue weighted by molar-refractivity contribution is -0.147. The molecule has 0 aliphatic rings. The van der Waals surface area contributed by atoms with Gasteiger partial charge in [-0.1, -0.05) is 40.2 Å². The molecule has 0 aromatic heterocycles. The highest BCUT2D eigenvalue weighted by molar-refractivity contribution is 9.10. The van der Waals surface area contributed by atoms with Crippen LogP contribution in [0.15, 0.2) is 53.0 Å². The molecule has 0 aliphatic heterocycles. The summed E-state index contributed by atoms with van der Waals surface area (Å²) in [6, 6.07) is 12.1. The molecule has 2 rings (SSSR count). The summed E-state index contributed by atoms with van der Waals surface area (Å²) in [6.45, 7) is -0.00330. The largest absolute Gasteiger partial charge is 0.459 e. The monoisotopic (exact) mass is 439 g/mol. The lowest BCUT2D eigenvalue weighted by Gasteiger charge is -2.18. The molecule has 0 heterocycles. The third kappa shape index (κ3) is 6.14. The molecule has 0 aliphatic carbocycles. The number of amides is 1. The van der Waals surface area contributed by atoms with Gasteiger partial charge in [-0.25, -0.2) is 9.18 Å². The van der Waals surface area contributed by atoms with Crippen LogP contribution in [0, 0.1) is 5.82 Å². The van der Waals surface area contributed by atoms with Crippen LogP contribution < -0.4 is 5.32 Å². The first kappa shape index (κ1) is 20.5. The van der Waals surface area contributed by atoms with Crippen LogP contribution in [0.3, 0.4) is 0 Å². The highest BCUT2D eigenvalue weighted by atomic mass is 79.9. The average Bonchev–Trinajstić information content (AvgIpc) is 2.64. The van der Waals surface area contributed by atoms with E-state index in [-0.39, 0.29) is 18.3 Å². The zero-order chi connectivity index (χ0) is 18.9. The third-order valence-electron chi connectivity index (χ3n) is 3.62. The van der Waals surface area contributed by atoms with E-state index in [0.29, 0.717) is 27.8 Å². The van der Waals surface area contributed by atoms with Gasteiger partial charge in [0.2, 0.25) is 0 Å². The van der Waals surface area contributed by atoms with Gasteiger partial charge >= 0.3 is 5.97 Å². The second-order valence-electron chi connectivity index (χ2n) is 5.52. The minimum atomic E-state index is -0.741. The van der Waals surface area contributed by atoms with Crippen molar-refractivity contribution in [1.29, 1.82) is 0 Å². The molecule has 7 heteroatoms. The van der Waals surface area contributed by atoms with Gasteiger partial charge in [0.15, 0.2) is 0 Å². The van der Waals surface area contributed by atoms with Crippen molar-refractivity contribution in [3.8, 4) is 0 Å². The number of esters is 1. The summed E-state index contributed by atoms with van der Waals surface area (Å²) >= 11 is 4.82. The van der Waals surface area contributed by atoms with E-state index in [4.69, 9.17) is 4.74 Å². The maximum atomic E-state index is 13.1. The number of nitrogens with one attached hydrogen (secondary N) is 1. The summed E-state index contributed by atoms with van der Waals surface area (Å²) in [6.07, 6.45) is 2.39. The number of rotatable bonds is 8. The first-order valence-electron chi connectivity index (χ1n) is 7.96. The SMILES string of the molecule is CSCCC(NC(=O)c1ccccc1)C(=O)OCc1ccc(F)cc1Br. The lowest BCUT2D eigenvalue weighted by Crippen LogP contribution is -2.42. The Kier molecular flexibility index (Phi) is 8.12. The van der Waals surface area contributed by atoms with Crippen molar-refractivity contribution in [3.63, 3.8) is 0 Å². The van der Waals surface area contributed by atoms with Crippen molar-refractivity contribution in [2.45, 2.75) is 19.1 Å². The summed E-state index contributed by atoms with van der Waals surface area (Å²) in [4.78, 5) is 24.7. The van der Waals surface area contributed by atoms with Gasteiger partial charge in [-0.15, -0.1) is 0 Å². The molecule has 2 aromatic rings. The molecule has 1 N–H and O–H groups in total. The zero-order valence-corrected chi connectivity index (χ0v) is 16.6. The number of halogens is 2. The van der Waals surface area contributed by atoms with Crippen molar-refractivity contribution < 1.29 is 18.7 Å². The molecule has 0 spiro atoms. The van der Waals surface area contributed by atoms with Crippen LogP contribution in [-0.4, -0.2) is 29.9 Å². The van der Waals surface area contributed by atoms with E-state index < -0.39 is 12.0 Å². The fourth-order valence-corrected chi connectivity index (χ4v) is 3.14. The maximum Gasteiger partial charge on any atom is 0.329 e. The topological polar surface area (TPSA) is 55.4 Å². The Morgan fingerprint density at radius 3 is 2.62 bits per heavy atom. The zero-order valence-electron chi connectivity index (χ0n) is 14.2. The van der Waals surface area contributed by atoms with Crippen LogP contribution in [0.2, 0.25) is 0 Å². The molecule has 0 radical (unpaired) electrons. The molecule has 0 fully saturated rings. The highest BCUT2D eigenvalue weighted by Gasteiger charge is 2.23. The van der Waals surface area contributed by atoms with E-state index in [1.165, 1.54) is 12.1 Å². The molecule has 0 saturated carbocycles. The molecule has 1 atom stereocenters. The number of hydrogen-bond acceptors (Lipinski definition) is 4. The van der Waals surface area contributed by atoms with Crippen LogP contribution in [0.25, 0.3) is 0 Å². The molecule has 0 bridgehead atoms. The standard InChI is InChI=1S/C19H19BrFNO3S/c1-26-10-9-17(22-18(23)13-5-3-2-4-6-13)19(24)25-12-14-7-8-15(21)11-16(14)20/h2-8,11,17H,9-10,12H2,1H3,(H,22,23). The quantitative estimate of drug-likeness (QED) is 0.626. The Bertz CT molecular complexity index is 758. The predicted molar refractivity (Wildman–Crippen MR) is 105 cm³/mol. The predicted octanol–water partition coefficient (Wildman–Crippen LogP) is 4.18. The van der Waals surface area contributed by atoms with E-state index in [9.17, 15) is 14.0 Å². The van der Waals surface area contributed by atoms with E-state index in [2.05, 4.69) is 21.2 Å². The number of carbonyl (C=O) groups is 2. The Morgan fingerprint density at radius 2 is 1.96 bits per heavy atom. The van der Waals surface area contributed by atoms with Crippen molar-refractivity contribution in [3.05, 3.63) is 69.9 Å². The summed E-state index contributed by atoms with van der Waals surface area (Å²) < 4.78 is 19.0. The average molecular weight is 440 g/mol. The fraction of sp³-hybridized carbons (Fsp3) is 0.263. The summed E-state index contributed by atoms with van der Waals surface area (Å²) in [5.74, 6) is -0.508. The number of hydrogen-bond donors (Lipinski definition) is 1. The first-order valence-corrected chi connectivity index (χ1v) is 10.2. The van der Waals surface area contributed by atoms with Gasteiger partial charge in [0.05, 0.1) is 0 Å². The lowest BCUT2D eigenvalue weighted by atomic mass is 10.1. The van der Waals surface area contributed by atoms with Gasteiger partial charge in [0.25, 0.3) is 5.91 Å². The van der Waals surface area contributed by atoms with Crippen LogP contribution in [0.1, 0.15) is 22.3 Å². The summed E-state index contributed by atoms with van der Waals surface area (Å²) in [5, 5.41) is 2.73. The number of carbonyl (C=O) groups excluding carboxylic acids is 2. The van der Waals surface area contributed by atoms with Gasteiger partial charge in [-0.3, -0.25) is 4.79 Å². The number of ether oxygens (including phenoxy) is 1. The first-order chi connectivity index (χ1) is 12.5. The van der Waals surface area contributed by atoms with Crippen molar-refractivity contribution in [1.82, 2.24) is 5.32 Å². The summed E-state index contributed by atoms with van der Waals surface area (Å²) in [7, 11) is 0. The van der Waals surface area contributed by atoms with Crippen LogP contribution in [0.4, 0.5) is 4.39 Å². The summed E-state index contributed by atoms with van der Waals surface area (Å²) in [5.41, 5.74) is 1.13. The molecule has 138 valence electrons. The van der Waals surface area contributed by atoms with Crippen LogP contribution in [0.5, 0.6) is 0 Å². The van der Waals surface area contributed by atoms with E-state index >= 15 is 0 Å². The van der Waals surface area contributed by atoms with Crippen LogP contribution in [-0.2, 0) is 16.1 Å². The highest BCUT2D eigenvalue weighted by Crippen LogP contribution is 2.19. The molecule has 1 amide bonds. The van der Waals surface area contributed by atoms with E-state index in [1.807, 2.05) is 12.3 Å². The van der Waals surface area contributed by atoms with Gasteiger partial charge in [-0.05, 0) is 42.7 Å². The Balaban J connectivity index is 2.00. The maximum absolute atomic E-state index is 13.1. The molecule has 26 heavy (non-hydrogen) atoms. The van der Waals surface area contributed by atoms with Crippen molar-refractivity contribution in [2.75, 3.05) is 12.0 Å². The minimum Gasteiger partial charge on any atom is -0.459 e. The third-order valence-corrected chi connectivity index (χ3v) is 5.00. The number of benzene rings is 2. The molecule has 2 aromatic carbocycles. The van der Waals surface area contributed by atoms with Gasteiger partial charge < -0.3 is 10.1 Å². The normalized spacial score (nSPS) is 11.7. The van der Waals surface area contributed by atoms with E-state index in [0.717, 1.165) is 0 Å².